The molecule has 6 atom stereocenters. The van der Waals surface area contributed by atoms with E-state index in [1.54, 1.807) is 0 Å². The summed E-state index contributed by atoms with van der Waals surface area (Å²) < 4.78 is 2.90. The number of hydrogen-bond acceptors (Lipinski definition) is 2. The van der Waals surface area contributed by atoms with Crippen LogP contribution in [0.25, 0.3) is 5.57 Å². The van der Waals surface area contributed by atoms with Crippen LogP contribution in [0.2, 0.25) is 18.6 Å². The molecule has 1 saturated carbocycles. The van der Waals surface area contributed by atoms with Crippen LogP contribution in [0.4, 0.5) is 0 Å². The van der Waals surface area contributed by atoms with Crippen LogP contribution in [-0.2, 0) is 5.41 Å². The first-order chi connectivity index (χ1) is 16.8. The fourth-order valence-corrected chi connectivity index (χ4v) is 12.1. The van der Waals surface area contributed by atoms with Crippen molar-refractivity contribution >= 4 is 13.8 Å². The van der Waals surface area contributed by atoms with Crippen LogP contribution in [0.1, 0.15) is 31.9 Å². The summed E-state index contributed by atoms with van der Waals surface area (Å²) in [5.74, 6) is 2.59. The summed E-state index contributed by atoms with van der Waals surface area (Å²) in [5, 5.41) is 3.95. The van der Waals surface area contributed by atoms with Crippen LogP contribution in [0, 0.1) is 23.7 Å². The summed E-state index contributed by atoms with van der Waals surface area (Å²) in [4.78, 5) is 0. The predicted molar refractivity (Wildman–Crippen MR) is 151 cm³/mol. The van der Waals surface area contributed by atoms with Gasteiger partial charge in [-0.3, -0.25) is 5.32 Å². The zero-order chi connectivity index (χ0) is 24.4. The van der Waals surface area contributed by atoms with Crippen molar-refractivity contribution in [2.45, 2.75) is 56.9 Å². The number of allylic oxidation sites excluding steroid dienone is 10. The predicted octanol–water partition coefficient (Wildman–Crippen LogP) is 6.84. The SMILES string of the molecule is CC(C)(C)c1ccc(C2=CC=C[C@@H]3C2NCN3[Si](C)(C)C2C3C=CC=CC3C3C=CC=CC32)cc1. The largest absolute Gasteiger partial charge is 0.304 e. The van der Waals surface area contributed by atoms with E-state index in [0.717, 1.165) is 6.67 Å². The standard InChI is InChI=1S/C32H40N2Si/c1-32(2,3)23-19-17-22(18-20-23)24-15-10-16-29-30(24)33-21-34(29)35(4,5)31-27-13-8-6-11-25(27)26-12-7-9-14-28(26)31/h6-20,25-31,33H,21H2,1-5H3/t25?,26?,27?,28?,29-,30?,31?/m1/s1. The van der Waals surface area contributed by atoms with Gasteiger partial charge in [-0.05, 0) is 51.3 Å². The van der Waals surface area contributed by atoms with E-state index in [1.807, 2.05) is 0 Å². The zero-order valence-corrected chi connectivity index (χ0v) is 22.9. The van der Waals surface area contributed by atoms with Gasteiger partial charge in [-0.15, -0.1) is 0 Å². The fraction of sp³-hybridized carbons (Fsp3) is 0.438. The Balaban J connectivity index is 1.29. The topological polar surface area (TPSA) is 15.3 Å². The molecule has 2 nitrogen and oxygen atoms in total. The normalized spacial score (nSPS) is 35.7. The van der Waals surface area contributed by atoms with Gasteiger partial charge in [0.2, 0.25) is 0 Å². The number of benzene rings is 1. The third kappa shape index (κ3) is 3.75. The minimum absolute atomic E-state index is 0.183. The Kier molecular flexibility index (Phi) is 5.59. The molecule has 2 fully saturated rings. The molecule has 0 radical (unpaired) electrons. The zero-order valence-electron chi connectivity index (χ0n) is 21.9. The first-order valence-corrected chi connectivity index (χ1v) is 16.5. The van der Waals surface area contributed by atoms with E-state index in [9.17, 15) is 0 Å². The molecular formula is C32H40N2Si. The van der Waals surface area contributed by atoms with Crippen molar-refractivity contribution in [2.24, 2.45) is 23.7 Å². The highest BCUT2D eigenvalue weighted by Crippen LogP contribution is 2.59. The molecule has 4 aliphatic carbocycles. The maximum absolute atomic E-state index is 3.95. The Hall–Kier alpha value is -2.20. The molecule has 1 aromatic carbocycles. The Labute approximate surface area is 213 Å². The maximum Gasteiger partial charge on any atom is 0.128 e. The van der Waals surface area contributed by atoms with E-state index in [4.69, 9.17) is 0 Å². The van der Waals surface area contributed by atoms with Crippen molar-refractivity contribution < 1.29 is 0 Å². The number of rotatable bonds is 3. The van der Waals surface area contributed by atoms with E-state index in [1.165, 1.54) is 16.7 Å². The van der Waals surface area contributed by atoms with Crippen LogP contribution < -0.4 is 5.32 Å². The third-order valence-electron chi connectivity index (χ3n) is 9.46. The highest BCUT2D eigenvalue weighted by Gasteiger charge is 2.57. The molecular weight excluding hydrogens is 440 g/mol. The van der Waals surface area contributed by atoms with Gasteiger partial charge < -0.3 is 4.57 Å². The molecule has 5 aliphatic rings. The Morgan fingerprint density at radius 2 is 1.34 bits per heavy atom. The quantitative estimate of drug-likeness (QED) is 0.476. The minimum Gasteiger partial charge on any atom is -0.304 e. The monoisotopic (exact) mass is 480 g/mol. The second kappa shape index (κ2) is 8.43. The molecule has 1 aliphatic heterocycles. The first kappa shape index (κ1) is 23.2. The lowest BCUT2D eigenvalue weighted by Gasteiger charge is -2.46. The summed E-state index contributed by atoms with van der Waals surface area (Å²) in [6, 6.07) is 10.1. The molecule has 1 heterocycles. The van der Waals surface area contributed by atoms with E-state index in [-0.39, 0.29) is 5.41 Å². The Bertz CT molecular complexity index is 1120. The minimum atomic E-state index is -1.80. The molecule has 1 N–H and O–H groups in total. The molecule has 5 unspecified atom stereocenters. The van der Waals surface area contributed by atoms with Crippen molar-refractivity contribution in [2.75, 3.05) is 6.67 Å². The van der Waals surface area contributed by atoms with E-state index in [2.05, 4.69) is 135 Å². The molecule has 3 heteroatoms. The summed E-state index contributed by atoms with van der Waals surface area (Å²) in [7, 11) is -1.80. The number of nitrogens with one attached hydrogen (secondary N) is 1. The van der Waals surface area contributed by atoms with Gasteiger partial charge in [0.05, 0.1) is 6.04 Å². The van der Waals surface area contributed by atoms with Crippen molar-refractivity contribution in [3.63, 3.8) is 0 Å². The van der Waals surface area contributed by atoms with Crippen molar-refractivity contribution in [1.29, 1.82) is 0 Å². The maximum atomic E-state index is 3.95. The number of nitrogens with zero attached hydrogens (tertiary/aromatic N) is 1. The van der Waals surface area contributed by atoms with Gasteiger partial charge in [-0.25, -0.2) is 0 Å². The lowest BCUT2D eigenvalue weighted by molar-refractivity contribution is 0.409. The molecule has 1 saturated heterocycles. The van der Waals surface area contributed by atoms with Crippen LogP contribution in [0.15, 0.2) is 91.1 Å². The lowest BCUT2D eigenvalue weighted by atomic mass is 9.83. The molecule has 182 valence electrons. The number of fused-ring (bicyclic) bond motifs is 4. The van der Waals surface area contributed by atoms with Crippen molar-refractivity contribution in [3.8, 4) is 0 Å². The second-order valence-electron chi connectivity index (χ2n) is 12.7. The lowest BCUT2D eigenvalue weighted by Crippen LogP contribution is -2.57. The van der Waals surface area contributed by atoms with Gasteiger partial charge in [-0.2, -0.15) is 0 Å². The molecule has 0 amide bonds. The van der Waals surface area contributed by atoms with E-state index < -0.39 is 8.24 Å². The summed E-state index contributed by atoms with van der Waals surface area (Å²) in [6.07, 6.45) is 26.3. The highest BCUT2D eigenvalue weighted by molar-refractivity contribution is 6.76. The molecule has 0 spiro atoms. The van der Waals surface area contributed by atoms with E-state index in [0.29, 0.717) is 41.3 Å². The highest BCUT2D eigenvalue weighted by atomic mass is 28.3. The van der Waals surface area contributed by atoms with E-state index >= 15 is 0 Å². The van der Waals surface area contributed by atoms with Crippen molar-refractivity contribution in [1.82, 2.24) is 9.88 Å². The van der Waals surface area contributed by atoms with Gasteiger partial charge >= 0.3 is 0 Å². The van der Waals surface area contributed by atoms with Gasteiger partial charge in [0.15, 0.2) is 0 Å². The average molecular weight is 481 g/mol. The summed E-state index contributed by atoms with van der Waals surface area (Å²) >= 11 is 0. The summed E-state index contributed by atoms with van der Waals surface area (Å²) in [5.41, 5.74) is 5.09. The second-order valence-corrected chi connectivity index (χ2v) is 17.2. The van der Waals surface area contributed by atoms with Gasteiger partial charge in [0.25, 0.3) is 0 Å². The molecule has 1 aromatic rings. The van der Waals surface area contributed by atoms with Gasteiger partial charge in [0.1, 0.15) is 8.24 Å². The molecule has 0 bridgehead atoms. The van der Waals surface area contributed by atoms with Crippen LogP contribution >= 0.6 is 0 Å². The smallest absolute Gasteiger partial charge is 0.128 e. The third-order valence-corrected chi connectivity index (χ3v) is 13.8. The molecule has 0 aromatic heterocycles. The van der Waals surface area contributed by atoms with Crippen molar-refractivity contribution in [3.05, 3.63) is 102 Å². The summed E-state index contributed by atoms with van der Waals surface area (Å²) in [6.45, 7) is 13.1. The van der Waals surface area contributed by atoms with Gasteiger partial charge in [0, 0.05) is 12.7 Å². The average Bonchev–Trinajstić information content (AvgIpc) is 3.44. The van der Waals surface area contributed by atoms with Gasteiger partial charge in [-0.1, -0.05) is 125 Å². The van der Waals surface area contributed by atoms with Crippen LogP contribution in [0.3, 0.4) is 0 Å². The first-order valence-electron chi connectivity index (χ1n) is 13.5. The molecule has 35 heavy (non-hydrogen) atoms. The fourth-order valence-electron chi connectivity index (χ4n) is 7.68. The Morgan fingerprint density at radius 3 is 1.91 bits per heavy atom. The molecule has 6 rings (SSSR count). The van der Waals surface area contributed by atoms with Crippen LogP contribution in [0.5, 0.6) is 0 Å². The Morgan fingerprint density at radius 1 is 0.771 bits per heavy atom. The van der Waals surface area contributed by atoms with Crippen LogP contribution in [-0.4, -0.2) is 31.6 Å². The number of hydrogen-bond donors (Lipinski definition) is 1.